The summed E-state index contributed by atoms with van der Waals surface area (Å²) in [7, 11) is -1.74. The number of hydrogen-bond donors (Lipinski definition) is 0. The molecule has 0 bridgehead atoms. The van der Waals surface area contributed by atoms with Gasteiger partial charge in [-0.2, -0.15) is 0 Å². The summed E-state index contributed by atoms with van der Waals surface area (Å²) in [6, 6.07) is 6.82. The molecule has 0 saturated carbocycles. The summed E-state index contributed by atoms with van der Waals surface area (Å²) in [5.41, 5.74) is 0.591. The zero-order chi connectivity index (χ0) is 12.3. The number of sulfonamides is 1. The van der Waals surface area contributed by atoms with Crippen molar-refractivity contribution in [1.29, 1.82) is 0 Å². The number of benzene rings is 1. The normalized spacial score (nSPS) is 13.5. The summed E-state index contributed by atoms with van der Waals surface area (Å²) in [5.74, 6) is 0. The van der Waals surface area contributed by atoms with E-state index in [2.05, 4.69) is 0 Å². The van der Waals surface area contributed by atoms with Crippen LogP contribution in [0.2, 0.25) is 5.02 Å². The van der Waals surface area contributed by atoms with Gasteiger partial charge in [0.25, 0.3) is 0 Å². The first kappa shape index (κ1) is 13.3. The van der Waals surface area contributed by atoms with Crippen LogP contribution in [-0.2, 0) is 10.0 Å². The number of halogens is 1. The van der Waals surface area contributed by atoms with Crippen LogP contribution in [0.1, 0.15) is 20.3 Å². The third-order valence-corrected chi connectivity index (χ3v) is 5.20. The van der Waals surface area contributed by atoms with E-state index >= 15 is 0 Å². The Bertz CT molecular complexity index is 459. The molecule has 1 atom stereocenters. The van der Waals surface area contributed by atoms with Crippen molar-refractivity contribution >= 4 is 27.3 Å². The van der Waals surface area contributed by atoms with Crippen molar-refractivity contribution in [1.82, 2.24) is 0 Å². The van der Waals surface area contributed by atoms with Gasteiger partial charge in [0.2, 0.25) is 10.0 Å². The zero-order valence-electron chi connectivity index (χ0n) is 9.64. The Morgan fingerprint density at radius 3 is 2.56 bits per heavy atom. The fourth-order valence-electron chi connectivity index (χ4n) is 1.30. The van der Waals surface area contributed by atoms with Crippen molar-refractivity contribution in [3.63, 3.8) is 0 Å². The van der Waals surface area contributed by atoms with E-state index in [1.165, 1.54) is 4.31 Å². The number of hydrogen-bond acceptors (Lipinski definition) is 2. The predicted octanol–water partition coefficient (Wildman–Crippen LogP) is 2.90. The molecule has 90 valence electrons. The maximum atomic E-state index is 12.1. The predicted molar refractivity (Wildman–Crippen MR) is 68.5 cm³/mol. The highest BCUT2D eigenvalue weighted by molar-refractivity contribution is 7.93. The Hall–Kier alpha value is -0.740. The van der Waals surface area contributed by atoms with Gasteiger partial charge in [0, 0.05) is 12.1 Å². The van der Waals surface area contributed by atoms with Crippen LogP contribution in [0, 0.1) is 0 Å². The van der Waals surface area contributed by atoms with E-state index in [1.807, 2.05) is 6.92 Å². The van der Waals surface area contributed by atoms with Gasteiger partial charge in [0.15, 0.2) is 0 Å². The van der Waals surface area contributed by atoms with Crippen molar-refractivity contribution in [3.05, 3.63) is 29.3 Å². The standard InChI is InChI=1S/C11H16ClNO2S/c1-4-9(2)16(14,15)13(3)11-7-5-6-10(12)8-11/h5-9H,4H2,1-3H3. The molecular weight excluding hydrogens is 246 g/mol. The second-order valence-electron chi connectivity index (χ2n) is 3.71. The fourth-order valence-corrected chi connectivity index (χ4v) is 2.85. The number of nitrogens with zero attached hydrogens (tertiary/aromatic N) is 1. The van der Waals surface area contributed by atoms with E-state index in [0.29, 0.717) is 17.1 Å². The number of rotatable bonds is 4. The Kier molecular flexibility index (Phi) is 4.21. The molecule has 1 aromatic rings. The third-order valence-electron chi connectivity index (χ3n) is 2.64. The highest BCUT2D eigenvalue weighted by Crippen LogP contribution is 2.23. The van der Waals surface area contributed by atoms with Gasteiger partial charge in [-0.25, -0.2) is 8.42 Å². The van der Waals surface area contributed by atoms with Crippen molar-refractivity contribution in [2.75, 3.05) is 11.4 Å². The SMILES string of the molecule is CCC(C)S(=O)(=O)N(C)c1cccc(Cl)c1. The summed E-state index contributed by atoms with van der Waals surface area (Å²) in [6.07, 6.45) is 0.591. The molecular formula is C11H16ClNO2S. The second-order valence-corrected chi connectivity index (χ2v) is 6.53. The monoisotopic (exact) mass is 261 g/mol. The first-order valence-corrected chi connectivity index (χ1v) is 7.01. The minimum atomic E-state index is -3.28. The molecule has 0 N–H and O–H groups in total. The lowest BCUT2D eigenvalue weighted by Gasteiger charge is -2.23. The summed E-state index contributed by atoms with van der Waals surface area (Å²) in [5, 5.41) is 0.139. The van der Waals surface area contributed by atoms with Crippen LogP contribution in [0.4, 0.5) is 5.69 Å². The van der Waals surface area contributed by atoms with E-state index < -0.39 is 15.3 Å². The Labute approximate surface area is 102 Å². The Morgan fingerprint density at radius 2 is 2.06 bits per heavy atom. The van der Waals surface area contributed by atoms with Gasteiger partial charge in [0.1, 0.15) is 0 Å². The molecule has 0 spiro atoms. The molecule has 0 fully saturated rings. The molecule has 0 aliphatic carbocycles. The van der Waals surface area contributed by atoms with Gasteiger partial charge in [-0.3, -0.25) is 4.31 Å². The fraction of sp³-hybridized carbons (Fsp3) is 0.455. The van der Waals surface area contributed by atoms with E-state index in [9.17, 15) is 8.42 Å². The summed E-state index contributed by atoms with van der Waals surface area (Å²) in [4.78, 5) is 0. The van der Waals surface area contributed by atoms with Crippen molar-refractivity contribution < 1.29 is 8.42 Å². The van der Waals surface area contributed by atoms with Crippen molar-refractivity contribution in [2.24, 2.45) is 0 Å². The molecule has 0 aliphatic heterocycles. The van der Waals surface area contributed by atoms with Crippen molar-refractivity contribution in [2.45, 2.75) is 25.5 Å². The maximum Gasteiger partial charge on any atom is 0.237 e. The lowest BCUT2D eigenvalue weighted by atomic mass is 10.3. The molecule has 1 aromatic carbocycles. The molecule has 1 rings (SSSR count). The molecule has 16 heavy (non-hydrogen) atoms. The lowest BCUT2D eigenvalue weighted by Crippen LogP contribution is -2.34. The molecule has 0 aliphatic rings. The summed E-state index contributed by atoms with van der Waals surface area (Å²) in [6.45, 7) is 3.56. The highest BCUT2D eigenvalue weighted by atomic mass is 35.5. The van der Waals surface area contributed by atoms with E-state index in [-0.39, 0.29) is 0 Å². The Morgan fingerprint density at radius 1 is 1.44 bits per heavy atom. The minimum Gasteiger partial charge on any atom is -0.273 e. The van der Waals surface area contributed by atoms with Crippen LogP contribution in [0.3, 0.4) is 0 Å². The van der Waals surface area contributed by atoms with Crippen LogP contribution in [0.15, 0.2) is 24.3 Å². The lowest BCUT2D eigenvalue weighted by molar-refractivity contribution is 0.579. The second kappa shape index (κ2) is 5.06. The van der Waals surface area contributed by atoms with Crippen LogP contribution in [0.5, 0.6) is 0 Å². The molecule has 0 saturated heterocycles. The smallest absolute Gasteiger partial charge is 0.237 e. The zero-order valence-corrected chi connectivity index (χ0v) is 11.2. The number of anilines is 1. The third kappa shape index (κ3) is 2.68. The van der Waals surface area contributed by atoms with E-state index in [0.717, 1.165) is 0 Å². The van der Waals surface area contributed by atoms with Crippen LogP contribution in [0.25, 0.3) is 0 Å². The highest BCUT2D eigenvalue weighted by Gasteiger charge is 2.24. The van der Waals surface area contributed by atoms with Gasteiger partial charge < -0.3 is 0 Å². The van der Waals surface area contributed by atoms with Gasteiger partial charge >= 0.3 is 0 Å². The van der Waals surface area contributed by atoms with Gasteiger partial charge in [-0.05, 0) is 31.5 Å². The van der Waals surface area contributed by atoms with Crippen LogP contribution >= 0.6 is 11.6 Å². The average molecular weight is 262 g/mol. The van der Waals surface area contributed by atoms with Gasteiger partial charge in [-0.15, -0.1) is 0 Å². The molecule has 3 nitrogen and oxygen atoms in total. The Balaban J connectivity index is 3.07. The quantitative estimate of drug-likeness (QED) is 0.836. The molecule has 0 heterocycles. The summed E-state index contributed by atoms with van der Waals surface area (Å²) >= 11 is 5.83. The van der Waals surface area contributed by atoms with Crippen molar-refractivity contribution in [3.8, 4) is 0 Å². The van der Waals surface area contributed by atoms with Crippen LogP contribution < -0.4 is 4.31 Å². The maximum absolute atomic E-state index is 12.1. The van der Waals surface area contributed by atoms with Gasteiger partial charge in [-0.1, -0.05) is 24.6 Å². The minimum absolute atomic E-state index is 0.392. The molecule has 0 aromatic heterocycles. The van der Waals surface area contributed by atoms with Crippen LogP contribution in [-0.4, -0.2) is 20.7 Å². The molecule has 0 amide bonds. The molecule has 5 heteroatoms. The topological polar surface area (TPSA) is 37.4 Å². The van der Waals surface area contributed by atoms with E-state index in [4.69, 9.17) is 11.6 Å². The first-order chi connectivity index (χ1) is 7.39. The molecule has 0 radical (unpaired) electrons. The average Bonchev–Trinajstić information content (AvgIpc) is 2.26. The van der Waals surface area contributed by atoms with Gasteiger partial charge in [0.05, 0.1) is 10.9 Å². The first-order valence-electron chi connectivity index (χ1n) is 5.13. The molecule has 1 unspecified atom stereocenters. The summed E-state index contributed by atoms with van der Waals surface area (Å²) < 4.78 is 25.4. The van der Waals surface area contributed by atoms with E-state index in [1.54, 1.807) is 38.2 Å². The largest absolute Gasteiger partial charge is 0.273 e.